The molecule has 1 aromatic carbocycles. The maximum absolute atomic E-state index is 11.2. The maximum Gasteiger partial charge on any atom is 0.344 e. The van der Waals surface area contributed by atoms with E-state index in [0.717, 1.165) is 12.0 Å². The summed E-state index contributed by atoms with van der Waals surface area (Å²) >= 11 is 0. The molecule has 1 heterocycles. The van der Waals surface area contributed by atoms with Crippen LogP contribution in [0.15, 0.2) is 18.2 Å². The fraction of sp³-hybridized carbons (Fsp3) is 0.500. The lowest BCUT2D eigenvalue weighted by molar-refractivity contribution is -0.145. The third-order valence-electron chi connectivity index (χ3n) is 3.03. The van der Waals surface area contributed by atoms with Crippen molar-refractivity contribution < 1.29 is 19.0 Å². The quantitative estimate of drug-likeness (QED) is 0.810. The molecule has 104 valence electrons. The monoisotopic (exact) mass is 265 g/mol. The standard InChI is InChI=1S/C14H19NO4/c1-2-17-14(16)9-19-11-3-4-12-10(7-11)5-6-18-13(12)8-15/h3-4,7,13H,2,5-6,8-9,15H2,1H3. The lowest BCUT2D eigenvalue weighted by atomic mass is 9.97. The van der Waals surface area contributed by atoms with Crippen molar-refractivity contribution in [2.45, 2.75) is 19.4 Å². The van der Waals surface area contributed by atoms with Crippen LogP contribution in [-0.2, 0) is 20.7 Å². The van der Waals surface area contributed by atoms with Crippen LogP contribution in [0.4, 0.5) is 0 Å². The number of rotatable bonds is 5. The topological polar surface area (TPSA) is 70.8 Å². The van der Waals surface area contributed by atoms with Gasteiger partial charge in [0.25, 0.3) is 0 Å². The van der Waals surface area contributed by atoms with Gasteiger partial charge in [-0.2, -0.15) is 0 Å². The van der Waals surface area contributed by atoms with Crippen molar-refractivity contribution in [3.8, 4) is 5.75 Å². The van der Waals surface area contributed by atoms with Crippen molar-refractivity contribution >= 4 is 5.97 Å². The zero-order valence-corrected chi connectivity index (χ0v) is 11.1. The average Bonchev–Trinajstić information content (AvgIpc) is 2.44. The van der Waals surface area contributed by atoms with Crippen molar-refractivity contribution in [3.63, 3.8) is 0 Å². The summed E-state index contributed by atoms with van der Waals surface area (Å²) in [5.74, 6) is 0.313. The van der Waals surface area contributed by atoms with E-state index in [9.17, 15) is 4.79 Å². The second kappa shape index (κ2) is 6.54. The molecule has 0 radical (unpaired) electrons. The number of esters is 1. The highest BCUT2D eigenvalue weighted by molar-refractivity contribution is 5.71. The minimum absolute atomic E-state index is 0.0390. The summed E-state index contributed by atoms with van der Waals surface area (Å²) in [5, 5.41) is 0. The SMILES string of the molecule is CCOC(=O)COc1ccc2c(c1)CCOC2CN. The Bertz CT molecular complexity index is 447. The zero-order valence-electron chi connectivity index (χ0n) is 11.1. The van der Waals surface area contributed by atoms with E-state index in [1.165, 1.54) is 5.56 Å². The highest BCUT2D eigenvalue weighted by Crippen LogP contribution is 2.29. The van der Waals surface area contributed by atoms with Gasteiger partial charge in [0.1, 0.15) is 5.75 Å². The van der Waals surface area contributed by atoms with Gasteiger partial charge in [-0.1, -0.05) is 6.07 Å². The molecule has 1 aliphatic heterocycles. The molecule has 1 aliphatic rings. The number of benzene rings is 1. The molecule has 5 heteroatoms. The number of nitrogens with two attached hydrogens (primary N) is 1. The summed E-state index contributed by atoms with van der Waals surface area (Å²) < 4.78 is 15.8. The molecule has 0 bridgehead atoms. The Balaban J connectivity index is 2.02. The molecule has 0 fully saturated rings. The van der Waals surface area contributed by atoms with Crippen LogP contribution in [-0.4, -0.2) is 32.3 Å². The minimum Gasteiger partial charge on any atom is -0.482 e. The van der Waals surface area contributed by atoms with Crippen molar-refractivity contribution in [2.75, 3.05) is 26.4 Å². The Kier molecular flexibility index (Phi) is 4.76. The van der Waals surface area contributed by atoms with E-state index in [1.807, 2.05) is 18.2 Å². The number of carbonyl (C=O) groups is 1. The fourth-order valence-electron chi connectivity index (χ4n) is 2.14. The van der Waals surface area contributed by atoms with E-state index in [2.05, 4.69) is 0 Å². The first-order chi connectivity index (χ1) is 9.24. The van der Waals surface area contributed by atoms with Gasteiger partial charge in [0, 0.05) is 6.54 Å². The lowest BCUT2D eigenvalue weighted by Gasteiger charge is -2.25. The van der Waals surface area contributed by atoms with E-state index in [4.69, 9.17) is 19.9 Å². The van der Waals surface area contributed by atoms with Gasteiger partial charge >= 0.3 is 5.97 Å². The first kappa shape index (κ1) is 13.8. The Morgan fingerprint density at radius 3 is 3.11 bits per heavy atom. The summed E-state index contributed by atoms with van der Waals surface area (Å²) in [5.41, 5.74) is 7.95. The van der Waals surface area contributed by atoms with Gasteiger partial charge in [0.15, 0.2) is 6.61 Å². The number of carbonyl (C=O) groups excluding carboxylic acids is 1. The van der Waals surface area contributed by atoms with Crippen LogP contribution in [0, 0.1) is 0 Å². The van der Waals surface area contributed by atoms with Gasteiger partial charge < -0.3 is 19.9 Å². The molecule has 0 spiro atoms. The third kappa shape index (κ3) is 3.45. The Morgan fingerprint density at radius 2 is 2.37 bits per heavy atom. The Morgan fingerprint density at radius 1 is 1.53 bits per heavy atom. The van der Waals surface area contributed by atoms with Crippen molar-refractivity contribution in [3.05, 3.63) is 29.3 Å². The number of hydrogen-bond acceptors (Lipinski definition) is 5. The zero-order chi connectivity index (χ0) is 13.7. The van der Waals surface area contributed by atoms with Crippen LogP contribution >= 0.6 is 0 Å². The van der Waals surface area contributed by atoms with Gasteiger partial charge in [-0.25, -0.2) is 4.79 Å². The van der Waals surface area contributed by atoms with Crippen LogP contribution in [0.5, 0.6) is 5.75 Å². The average molecular weight is 265 g/mol. The van der Waals surface area contributed by atoms with Gasteiger partial charge in [-0.15, -0.1) is 0 Å². The molecule has 0 aromatic heterocycles. The van der Waals surface area contributed by atoms with Crippen LogP contribution in [0.25, 0.3) is 0 Å². The van der Waals surface area contributed by atoms with Gasteiger partial charge in [0.05, 0.1) is 19.3 Å². The molecule has 5 nitrogen and oxygen atoms in total. The van der Waals surface area contributed by atoms with E-state index < -0.39 is 0 Å². The summed E-state index contributed by atoms with van der Waals surface area (Å²) in [6.07, 6.45) is 0.797. The summed E-state index contributed by atoms with van der Waals surface area (Å²) in [6.45, 7) is 3.20. The summed E-state index contributed by atoms with van der Waals surface area (Å²) in [7, 11) is 0. The van der Waals surface area contributed by atoms with E-state index in [1.54, 1.807) is 6.92 Å². The summed E-state index contributed by atoms with van der Waals surface area (Å²) in [4.78, 5) is 11.2. The van der Waals surface area contributed by atoms with Crippen LogP contribution < -0.4 is 10.5 Å². The van der Waals surface area contributed by atoms with Crippen LogP contribution in [0.2, 0.25) is 0 Å². The first-order valence-electron chi connectivity index (χ1n) is 6.47. The Labute approximate surface area is 112 Å². The van der Waals surface area contributed by atoms with Crippen LogP contribution in [0.3, 0.4) is 0 Å². The largest absolute Gasteiger partial charge is 0.482 e. The molecule has 1 atom stereocenters. The van der Waals surface area contributed by atoms with Crippen molar-refractivity contribution in [1.82, 2.24) is 0 Å². The van der Waals surface area contributed by atoms with Gasteiger partial charge in [0.2, 0.25) is 0 Å². The smallest absolute Gasteiger partial charge is 0.344 e. The predicted molar refractivity (Wildman–Crippen MR) is 70.0 cm³/mol. The molecule has 2 rings (SSSR count). The summed E-state index contributed by atoms with van der Waals surface area (Å²) in [6, 6.07) is 5.72. The molecule has 0 aliphatic carbocycles. The molecular weight excluding hydrogens is 246 g/mol. The minimum atomic E-state index is -0.358. The molecule has 0 saturated heterocycles. The van der Waals surface area contributed by atoms with Crippen molar-refractivity contribution in [1.29, 1.82) is 0 Å². The van der Waals surface area contributed by atoms with E-state index in [-0.39, 0.29) is 18.7 Å². The van der Waals surface area contributed by atoms with E-state index >= 15 is 0 Å². The van der Waals surface area contributed by atoms with Crippen LogP contribution in [0.1, 0.15) is 24.2 Å². The number of fused-ring (bicyclic) bond motifs is 1. The third-order valence-corrected chi connectivity index (χ3v) is 3.03. The molecule has 1 aromatic rings. The molecule has 1 unspecified atom stereocenters. The van der Waals surface area contributed by atoms with Gasteiger partial charge in [-0.05, 0) is 36.6 Å². The number of hydrogen-bond donors (Lipinski definition) is 1. The second-order valence-electron chi connectivity index (χ2n) is 4.30. The molecule has 19 heavy (non-hydrogen) atoms. The normalized spacial score (nSPS) is 17.7. The Hall–Kier alpha value is -1.59. The molecule has 0 amide bonds. The molecular formula is C14H19NO4. The molecule has 2 N–H and O–H groups in total. The number of ether oxygens (including phenoxy) is 3. The van der Waals surface area contributed by atoms with E-state index in [0.29, 0.717) is 25.5 Å². The lowest BCUT2D eigenvalue weighted by Crippen LogP contribution is -2.23. The maximum atomic E-state index is 11.2. The fourth-order valence-corrected chi connectivity index (χ4v) is 2.14. The van der Waals surface area contributed by atoms with Crippen molar-refractivity contribution in [2.24, 2.45) is 5.73 Å². The highest BCUT2D eigenvalue weighted by atomic mass is 16.6. The second-order valence-corrected chi connectivity index (χ2v) is 4.30. The predicted octanol–water partition coefficient (Wildman–Crippen LogP) is 1.20. The molecule has 0 saturated carbocycles. The van der Waals surface area contributed by atoms with Gasteiger partial charge in [-0.3, -0.25) is 0 Å². The first-order valence-corrected chi connectivity index (χ1v) is 6.47. The highest BCUT2D eigenvalue weighted by Gasteiger charge is 2.20.